The predicted molar refractivity (Wildman–Crippen MR) is 93.0 cm³/mol. The largest absolute Gasteiger partial charge is 0.508 e. The smallest absolute Gasteiger partial charge is 0.278 e. The van der Waals surface area contributed by atoms with Gasteiger partial charge in [-0.25, -0.2) is 0 Å². The summed E-state index contributed by atoms with van der Waals surface area (Å²) in [4.78, 5) is 0. The van der Waals surface area contributed by atoms with Crippen LogP contribution in [0.1, 0.15) is 31.4 Å². The van der Waals surface area contributed by atoms with Gasteiger partial charge < -0.3 is 14.4 Å². The van der Waals surface area contributed by atoms with Crippen LogP contribution in [0.2, 0.25) is 0 Å². The third kappa shape index (κ3) is 4.08. The van der Waals surface area contributed by atoms with E-state index in [0.29, 0.717) is 12.2 Å². The van der Waals surface area contributed by atoms with Gasteiger partial charge in [0.25, 0.3) is 8.03 Å². The van der Waals surface area contributed by atoms with E-state index in [1.54, 1.807) is 19.1 Å². The Bertz CT molecular complexity index is 694. The first-order chi connectivity index (χ1) is 10.9. The molecule has 0 aliphatic carbocycles. The van der Waals surface area contributed by atoms with Crippen molar-refractivity contribution in [2.45, 2.75) is 39.5 Å². The molecule has 0 spiro atoms. The van der Waals surface area contributed by atoms with E-state index in [0.717, 1.165) is 16.9 Å². The molecule has 0 heterocycles. The molecule has 0 aliphatic heterocycles. The summed E-state index contributed by atoms with van der Waals surface area (Å²) in [5.41, 5.74) is 1.99. The molecule has 2 aromatic carbocycles. The molecule has 2 rings (SSSR count). The number of aryl methyl sites for hydroxylation is 2. The molecule has 2 unspecified atom stereocenters. The molecule has 1 N–H and O–H groups in total. The van der Waals surface area contributed by atoms with Crippen LogP contribution in [0, 0.1) is 13.8 Å². The number of rotatable bonds is 6. The molecule has 0 amide bonds. The SMILES string of the molecule is CCC(C)(Oc1c(C)cccc1C)[PH](=O)Oc1cccc(O)c1. The molecule has 0 saturated heterocycles. The Labute approximate surface area is 137 Å². The van der Waals surface area contributed by atoms with Crippen LogP contribution in [0.4, 0.5) is 0 Å². The van der Waals surface area contributed by atoms with E-state index < -0.39 is 13.4 Å². The first kappa shape index (κ1) is 17.4. The van der Waals surface area contributed by atoms with Gasteiger partial charge in [-0.3, -0.25) is 4.57 Å². The van der Waals surface area contributed by atoms with Crippen LogP contribution in [0.3, 0.4) is 0 Å². The zero-order valence-electron chi connectivity index (χ0n) is 13.9. The molecule has 2 atom stereocenters. The van der Waals surface area contributed by atoms with E-state index in [9.17, 15) is 9.67 Å². The second-order valence-electron chi connectivity index (χ2n) is 5.79. The van der Waals surface area contributed by atoms with Crippen LogP contribution in [0.25, 0.3) is 0 Å². The molecule has 4 nitrogen and oxygen atoms in total. The highest BCUT2D eigenvalue weighted by molar-refractivity contribution is 7.41. The standard InChI is InChI=1S/C18H23O4P/c1-5-18(4,21-17-13(2)8-6-9-14(17)3)23(20)22-16-11-7-10-15(19)12-16/h6-12,19,23H,5H2,1-4H3. The molecular formula is C18H23O4P. The summed E-state index contributed by atoms with van der Waals surface area (Å²) in [7, 11) is -2.56. The molecule has 0 radical (unpaired) electrons. The molecule has 2 aromatic rings. The Morgan fingerprint density at radius 2 is 1.74 bits per heavy atom. The van der Waals surface area contributed by atoms with E-state index in [2.05, 4.69) is 0 Å². The summed E-state index contributed by atoms with van der Waals surface area (Å²) < 4.78 is 24.4. The second-order valence-corrected chi connectivity index (χ2v) is 7.63. The van der Waals surface area contributed by atoms with E-state index >= 15 is 0 Å². The zero-order valence-corrected chi connectivity index (χ0v) is 14.9. The second kappa shape index (κ2) is 7.10. The number of aromatic hydroxyl groups is 1. The quantitative estimate of drug-likeness (QED) is 0.750. The molecule has 0 bridgehead atoms. The molecule has 5 heteroatoms. The maximum Gasteiger partial charge on any atom is 0.278 e. The van der Waals surface area contributed by atoms with Crippen molar-refractivity contribution in [3.8, 4) is 17.2 Å². The van der Waals surface area contributed by atoms with Crippen LogP contribution in [-0.2, 0) is 4.57 Å². The summed E-state index contributed by atoms with van der Waals surface area (Å²) in [5, 5.41) is 8.57. The van der Waals surface area contributed by atoms with Gasteiger partial charge in [0.05, 0.1) is 0 Å². The third-order valence-electron chi connectivity index (χ3n) is 3.87. The Balaban J connectivity index is 2.24. The molecule has 124 valence electrons. The van der Waals surface area contributed by atoms with Gasteiger partial charge in [0, 0.05) is 6.07 Å². The zero-order chi connectivity index (χ0) is 17.0. The maximum atomic E-state index is 12.8. The van der Waals surface area contributed by atoms with Crippen LogP contribution in [0.5, 0.6) is 17.2 Å². The monoisotopic (exact) mass is 334 g/mol. The van der Waals surface area contributed by atoms with Crippen molar-refractivity contribution in [1.29, 1.82) is 0 Å². The molecule has 0 fully saturated rings. The van der Waals surface area contributed by atoms with Gasteiger partial charge in [0.15, 0.2) is 5.34 Å². The highest BCUT2D eigenvalue weighted by atomic mass is 31.1. The van der Waals surface area contributed by atoms with Gasteiger partial charge in [-0.1, -0.05) is 31.2 Å². The number of hydrogen-bond acceptors (Lipinski definition) is 4. The van der Waals surface area contributed by atoms with Gasteiger partial charge in [-0.2, -0.15) is 0 Å². The van der Waals surface area contributed by atoms with Crippen LogP contribution in [0.15, 0.2) is 42.5 Å². The lowest BCUT2D eigenvalue weighted by Gasteiger charge is -2.30. The van der Waals surface area contributed by atoms with Gasteiger partial charge in [-0.15, -0.1) is 0 Å². The Morgan fingerprint density at radius 1 is 1.13 bits per heavy atom. The Hall–Kier alpha value is -1.93. The highest BCUT2D eigenvalue weighted by Gasteiger charge is 2.34. The van der Waals surface area contributed by atoms with Crippen molar-refractivity contribution in [3.63, 3.8) is 0 Å². The number of para-hydroxylation sites is 1. The Morgan fingerprint density at radius 3 is 2.30 bits per heavy atom. The number of phenols is 1. The first-order valence-electron chi connectivity index (χ1n) is 7.62. The molecule has 0 aliphatic rings. The summed E-state index contributed by atoms with van der Waals surface area (Å²) in [5.74, 6) is 1.19. The van der Waals surface area contributed by atoms with Crippen molar-refractivity contribution in [2.24, 2.45) is 0 Å². The average Bonchev–Trinajstić information content (AvgIpc) is 2.51. The lowest BCUT2D eigenvalue weighted by Crippen LogP contribution is -2.29. The van der Waals surface area contributed by atoms with Gasteiger partial charge in [0.2, 0.25) is 0 Å². The average molecular weight is 334 g/mol. The summed E-state index contributed by atoms with van der Waals surface area (Å²) in [6.07, 6.45) is 0.539. The summed E-state index contributed by atoms with van der Waals surface area (Å²) in [6.45, 7) is 7.64. The fourth-order valence-electron chi connectivity index (χ4n) is 2.21. The summed E-state index contributed by atoms with van der Waals surface area (Å²) >= 11 is 0. The van der Waals surface area contributed by atoms with E-state index in [4.69, 9.17) is 9.26 Å². The number of ether oxygens (including phenoxy) is 1. The van der Waals surface area contributed by atoms with Gasteiger partial charge in [-0.05, 0) is 50.5 Å². The minimum absolute atomic E-state index is 0.0752. The fourth-order valence-corrected chi connectivity index (χ4v) is 3.24. The van der Waals surface area contributed by atoms with Gasteiger partial charge in [0.1, 0.15) is 17.2 Å². The van der Waals surface area contributed by atoms with Crippen LogP contribution in [-0.4, -0.2) is 10.4 Å². The molecule has 23 heavy (non-hydrogen) atoms. The van der Waals surface area contributed by atoms with Gasteiger partial charge >= 0.3 is 0 Å². The van der Waals surface area contributed by atoms with E-state index in [-0.39, 0.29) is 5.75 Å². The fraction of sp³-hybridized carbons (Fsp3) is 0.333. The number of hydrogen-bond donors (Lipinski definition) is 1. The summed E-state index contributed by atoms with van der Waals surface area (Å²) in [6, 6.07) is 12.2. The lowest BCUT2D eigenvalue weighted by molar-refractivity contribution is 0.157. The topological polar surface area (TPSA) is 55.8 Å². The third-order valence-corrected chi connectivity index (χ3v) is 5.61. The van der Waals surface area contributed by atoms with Crippen molar-refractivity contribution in [3.05, 3.63) is 53.6 Å². The Kier molecular flexibility index (Phi) is 5.38. The minimum atomic E-state index is -2.56. The van der Waals surface area contributed by atoms with Crippen molar-refractivity contribution in [2.75, 3.05) is 0 Å². The molecule has 0 saturated carbocycles. The lowest BCUT2D eigenvalue weighted by atomic mass is 10.1. The van der Waals surface area contributed by atoms with E-state index in [1.165, 1.54) is 12.1 Å². The molecule has 0 aromatic heterocycles. The first-order valence-corrected chi connectivity index (χ1v) is 8.94. The number of benzene rings is 2. The van der Waals surface area contributed by atoms with E-state index in [1.807, 2.05) is 39.0 Å². The predicted octanol–water partition coefficient (Wildman–Crippen LogP) is 5.07. The highest BCUT2D eigenvalue weighted by Crippen LogP contribution is 2.45. The maximum absolute atomic E-state index is 12.8. The van der Waals surface area contributed by atoms with Crippen molar-refractivity contribution >= 4 is 8.03 Å². The van der Waals surface area contributed by atoms with Crippen LogP contribution >= 0.6 is 8.03 Å². The minimum Gasteiger partial charge on any atom is -0.508 e. The van der Waals surface area contributed by atoms with Crippen molar-refractivity contribution < 1.29 is 18.9 Å². The van der Waals surface area contributed by atoms with Crippen LogP contribution < -0.4 is 9.26 Å². The number of phenolic OH excluding ortho intramolecular Hbond substituents is 1. The molecular weight excluding hydrogens is 311 g/mol. The van der Waals surface area contributed by atoms with Crippen molar-refractivity contribution in [1.82, 2.24) is 0 Å². The normalized spacial score (nSPS) is 14.8.